The number of hydrogen-bond donors (Lipinski definition) is 1. The van der Waals surface area contributed by atoms with Gasteiger partial charge in [0.25, 0.3) is 0 Å². The maximum Gasteiger partial charge on any atom is 0.230 e. The number of para-hydroxylation sites is 1. The van der Waals surface area contributed by atoms with Crippen LogP contribution in [0.4, 0.5) is 5.82 Å². The number of thiazole rings is 1. The number of thioether (sulfide) groups is 2. The second kappa shape index (κ2) is 10.3. The average Bonchev–Trinajstić information content (AvgIpc) is 3.57. The lowest BCUT2D eigenvalue weighted by Gasteiger charge is -2.17. The van der Waals surface area contributed by atoms with E-state index in [0.717, 1.165) is 55.4 Å². The lowest BCUT2D eigenvalue weighted by atomic mass is 10.3. The normalized spacial score (nSPS) is 13.9. The monoisotopic (exact) mass is 499 g/mol. The summed E-state index contributed by atoms with van der Waals surface area (Å²) in [4.78, 5) is 28.8. The highest BCUT2D eigenvalue weighted by Crippen LogP contribution is 2.30. The number of aromatic nitrogens is 5. The van der Waals surface area contributed by atoms with E-state index in [4.69, 9.17) is 9.97 Å². The molecule has 1 aliphatic heterocycles. The molecule has 5 rings (SSSR count). The highest BCUT2D eigenvalue weighted by atomic mass is 32.2. The summed E-state index contributed by atoms with van der Waals surface area (Å²) in [6.45, 7) is 5.21. The molecule has 1 saturated heterocycles. The first-order chi connectivity index (χ1) is 16.2. The smallest absolute Gasteiger partial charge is 0.230 e. The van der Waals surface area contributed by atoms with Gasteiger partial charge < -0.3 is 10.2 Å². The van der Waals surface area contributed by atoms with Crippen LogP contribution in [0, 0.1) is 0 Å². The number of nitrogens with zero attached hydrogens (tertiary/aromatic N) is 6. The van der Waals surface area contributed by atoms with Crippen LogP contribution in [-0.4, -0.2) is 61.8 Å². The molecule has 0 unspecified atom stereocenters. The molecule has 3 aromatic heterocycles. The molecule has 4 heterocycles. The topological polar surface area (TPSA) is 88.8 Å². The van der Waals surface area contributed by atoms with E-state index in [2.05, 4.69) is 33.3 Å². The summed E-state index contributed by atoms with van der Waals surface area (Å²) in [6.07, 6.45) is 4.24. The molecule has 0 bridgehead atoms. The van der Waals surface area contributed by atoms with E-state index in [1.54, 1.807) is 23.1 Å². The van der Waals surface area contributed by atoms with Crippen molar-refractivity contribution in [3.8, 4) is 0 Å². The molecule has 0 spiro atoms. The second-order valence-corrected chi connectivity index (χ2v) is 11.1. The summed E-state index contributed by atoms with van der Waals surface area (Å²) in [6, 6.07) is 8.02. The Bertz CT molecular complexity index is 1230. The maximum atomic E-state index is 12.4. The molecule has 172 valence electrons. The summed E-state index contributed by atoms with van der Waals surface area (Å²) in [7, 11) is 0. The zero-order chi connectivity index (χ0) is 22.6. The van der Waals surface area contributed by atoms with E-state index < -0.39 is 0 Å². The second-order valence-electron chi connectivity index (χ2n) is 7.65. The van der Waals surface area contributed by atoms with Crippen LogP contribution in [0.3, 0.4) is 0 Å². The molecular formula is C22H25N7OS3. The van der Waals surface area contributed by atoms with Crippen LogP contribution in [0.5, 0.6) is 0 Å². The summed E-state index contributed by atoms with van der Waals surface area (Å²) >= 11 is 4.73. The van der Waals surface area contributed by atoms with E-state index in [1.165, 1.54) is 24.6 Å². The van der Waals surface area contributed by atoms with Crippen molar-refractivity contribution >= 4 is 67.8 Å². The number of carbonyl (C=O) groups is 1. The molecular weight excluding hydrogens is 474 g/mol. The SMILES string of the molecule is CCSc1nc(N2CCCC2)c2cnn(CCNC(=O)CSc3nc4ccccc4s3)c2n1. The van der Waals surface area contributed by atoms with Gasteiger partial charge in [-0.25, -0.2) is 19.6 Å². The minimum absolute atomic E-state index is 0.00896. The fraction of sp³-hybridized carbons (Fsp3) is 0.409. The molecule has 8 nitrogen and oxygen atoms in total. The molecule has 1 aliphatic rings. The summed E-state index contributed by atoms with van der Waals surface area (Å²) < 4.78 is 3.93. The predicted octanol–water partition coefficient (Wildman–Crippen LogP) is 4.06. The fourth-order valence-electron chi connectivity index (χ4n) is 3.84. The molecule has 33 heavy (non-hydrogen) atoms. The van der Waals surface area contributed by atoms with Gasteiger partial charge in [-0.15, -0.1) is 11.3 Å². The van der Waals surface area contributed by atoms with Gasteiger partial charge in [0.15, 0.2) is 15.1 Å². The quantitative estimate of drug-likeness (QED) is 0.272. The number of carbonyl (C=O) groups excluding carboxylic acids is 1. The lowest BCUT2D eigenvalue weighted by molar-refractivity contribution is -0.118. The number of nitrogens with one attached hydrogen (secondary N) is 1. The number of amides is 1. The van der Waals surface area contributed by atoms with Gasteiger partial charge in [0.2, 0.25) is 5.91 Å². The van der Waals surface area contributed by atoms with Gasteiger partial charge in [-0.05, 0) is 30.7 Å². The zero-order valence-corrected chi connectivity index (χ0v) is 20.8. The number of fused-ring (bicyclic) bond motifs is 2. The third kappa shape index (κ3) is 5.10. The standard InChI is InChI=1S/C22H25N7OS3/c1-2-31-21-26-19(28-10-5-6-11-28)15-13-24-29(20(15)27-21)12-9-23-18(30)14-32-22-25-16-7-3-4-8-17(16)33-22/h3-4,7-8,13H,2,5-6,9-12,14H2,1H3,(H,23,30). The van der Waals surface area contributed by atoms with Crippen molar-refractivity contribution in [2.24, 2.45) is 0 Å². The Hall–Kier alpha value is -2.37. The van der Waals surface area contributed by atoms with Crippen LogP contribution in [0.1, 0.15) is 19.8 Å². The third-order valence-electron chi connectivity index (χ3n) is 5.38. The van der Waals surface area contributed by atoms with E-state index >= 15 is 0 Å². The molecule has 4 aromatic rings. The minimum Gasteiger partial charge on any atom is -0.356 e. The van der Waals surface area contributed by atoms with Crippen molar-refractivity contribution in [1.29, 1.82) is 0 Å². The van der Waals surface area contributed by atoms with Gasteiger partial charge >= 0.3 is 0 Å². The number of hydrogen-bond acceptors (Lipinski definition) is 9. The van der Waals surface area contributed by atoms with Gasteiger partial charge in [-0.2, -0.15) is 5.10 Å². The van der Waals surface area contributed by atoms with Crippen molar-refractivity contribution in [1.82, 2.24) is 30.0 Å². The Morgan fingerprint density at radius 3 is 2.82 bits per heavy atom. The number of rotatable bonds is 9. The van der Waals surface area contributed by atoms with Gasteiger partial charge in [-0.1, -0.05) is 42.6 Å². The molecule has 0 saturated carbocycles. The molecule has 0 atom stereocenters. The van der Waals surface area contributed by atoms with Crippen LogP contribution in [-0.2, 0) is 11.3 Å². The van der Waals surface area contributed by atoms with Gasteiger partial charge in [-0.3, -0.25) is 4.79 Å². The van der Waals surface area contributed by atoms with E-state index in [-0.39, 0.29) is 5.91 Å². The Morgan fingerprint density at radius 1 is 1.15 bits per heavy atom. The highest BCUT2D eigenvalue weighted by molar-refractivity contribution is 8.01. The van der Waals surface area contributed by atoms with Crippen LogP contribution in [0.2, 0.25) is 0 Å². The van der Waals surface area contributed by atoms with Crippen molar-refractivity contribution in [3.63, 3.8) is 0 Å². The molecule has 1 fully saturated rings. The predicted molar refractivity (Wildman–Crippen MR) is 137 cm³/mol. The van der Waals surface area contributed by atoms with E-state index in [1.807, 2.05) is 29.1 Å². The van der Waals surface area contributed by atoms with Crippen LogP contribution in [0.15, 0.2) is 40.0 Å². The first-order valence-corrected chi connectivity index (χ1v) is 13.9. The minimum atomic E-state index is -0.00896. The molecule has 1 aromatic carbocycles. The summed E-state index contributed by atoms with van der Waals surface area (Å²) in [5, 5.41) is 9.32. The van der Waals surface area contributed by atoms with Gasteiger partial charge in [0.05, 0.1) is 34.1 Å². The number of benzene rings is 1. The molecule has 0 radical (unpaired) electrons. The zero-order valence-electron chi connectivity index (χ0n) is 18.4. The lowest BCUT2D eigenvalue weighted by Crippen LogP contribution is -2.29. The highest BCUT2D eigenvalue weighted by Gasteiger charge is 2.20. The number of anilines is 1. The molecule has 11 heteroatoms. The summed E-state index contributed by atoms with van der Waals surface area (Å²) in [5.41, 5.74) is 1.81. The molecule has 0 aliphatic carbocycles. The van der Waals surface area contributed by atoms with Crippen molar-refractivity contribution in [2.75, 3.05) is 36.0 Å². The van der Waals surface area contributed by atoms with Gasteiger partial charge in [0, 0.05) is 19.6 Å². The molecule has 1 amide bonds. The van der Waals surface area contributed by atoms with E-state index in [0.29, 0.717) is 18.8 Å². The van der Waals surface area contributed by atoms with Crippen LogP contribution < -0.4 is 10.2 Å². The maximum absolute atomic E-state index is 12.4. The van der Waals surface area contributed by atoms with Crippen LogP contribution >= 0.6 is 34.9 Å². The first-order valence-electron chi connectivity index (χ1n) is 11.1. The average molecular weight is 500 g/mol. The Labute approximate surface area is 204 Å². The van der Waals surface area contributed by atoms with Crippen molar-refractivity contribution < 1.29 is 4.79 Å². The Morgan fingerprint density at radius 2 is 2.00 bits per heavy atom. The third-order valence-corrected chi connectivity index (χ3v) is 8.29. The summed E-state index contributed by atoms with van der Waals surface area (Å²) in [5.74, 6) is 2.24. The van der Waals surface area contributed by atoms with E-state index in [9.17, 15) is 4.79 Å². The molecule has 1 N–H and O–H groups in total. The van der Waals surface area contributed by atoms with Crippen molar-refractivity contribution in [2.45, 2.75) is 35.8 Å². The van der Waals surface area contributed by atoms with Crippen molar-refractivity contribution in [3.05, 3.63) is 30.5 Å². The first kappa shape index (κ1) is 22.4. The fourth-order valence-corrected chi connectivity index (χ4v) is 6.30. The Balaban J connectivity index is 1.21. The largest absolute Gasteiger partial charge is 0.356 e. The Kier molecular flexibility index (Phi) is 6.98. The van der Waals surface area contributed by atoms with Crippen LogP contribution in [0.25, 0.3) is 21.3 Å². The van der Waals surface area contributed by atoms with Gasteiger partial charge in [0.1, 0.15) is 5.82 Å².